The topological polar surface area (TPSA) is 66.0 Å². The number of nitrogens with zero attached hydrogens (tertiary/aromatic N) is 3. The number of rotatable bonds is 2. The molecule has 33 heavy (non-hydrogen) atoms. The fourth-order valence-electron chi connectivity index (χ4n) is 5.10. The zero-order valence-corrected chi connectivity index (χ0v) is 19.6. The zero-order chi connectivity index (χ0) is 22.7. The van der Waals surface area contributed by atoms with E-state index in [2.05, 4.69) is 0 Å². The highest BCUT2D eigenvalue weighted by Crippen LogP contribution is 2.53. The van der Waals surface area contributed by atoms with Crippen molar-refractivity contribution in [3.63, 3.8) is 0 Å². The first-order chi connectivity index (χ1) is 16.0. The second-order valence-electron chi connectivity index (χ2n) is 8.63. The Morgan fingerprint density at radius 3 is 2.61 bits per heavy atom. The van der Waals surface area contributed by atoms with E-state index in [0.29, 0.717) is 21.8 Å². The summed E-state index contributed by atoms with van der Waals surface area (Å²) in [5, 5.41) is 6.02. The van der Waals surface area contributed by atoms with Gasteiger partial charge in [-0.25, -0.2) is 9.67 Å². The molecule has 5 nitrogen and oxygen atoms in total. The van der Waals surface area contributed by atoms with E-state index in [0.717, 1.165) is 70.7 Å². The van der Waals surface area contributed by atoms with Gasteiger partial charge in [0.1, 0.15) is 0 Å². The van der Waals surface area contributed by atoms with E-state index in [-0.39, 0.29) is 5.92 Å². The molecule has 1 aliphatic carbocycles. The van der Waals surface area contributed by atoms with E-state index >= 15 is 0 Å². The third-order valence-electron chi connectivity index (χ3n) is 6.63. The van der Waals surface area contributed by atoms with Crippen LogP contribution in [0.2, 0.25) is 10.0 Å². The lowest BCUT2D eigenvalue weighted by Gasteiger charge is -2.31. The fraction of sp³-hybridized carbons (Fsp3) is 0.231. The van der Waals surface area contributed by atoms with Crippen LogP contribution in [0.15, 0.2) is 48.5 Å². The lowest BCUT2D eigenvalue weighted by Crippen LogP contribution is -2.20. The van der Waals surface area contributed by atoms with E-state index in [9.17, 15) is 0 Å². The van der Waals surface area contributed by atoms with Crippen molar-refractivity contribution in [2.24, 2.45) is 0 Å². The molecule has 0 bridgehead atoms. The summed E-state index contributed by atoms with van der Waals surface area (Å²) in [6, 6.07) is 15.5. The van der Waals surface area contributed by atoms with Crippen LogP contribution in [-0.2, 0) is 12.8 Å². The molecule has 0 saturated heterocycles. The Labute approximate surface area is 202 Å². The number of benzene rings is 2. The van der Waals surface area contributed by atoms with Gasteiger partial charge in [0.2, 0.25) is 11.8 Å². The van der Waals surface area contributed by atoms with Crippen molar-refractivity contribution in [1.82, 2.24) is 14.8 Å². The summed E-state index contributed by atoms with van der Waals surface area (Å²) in [4.78, 5) is 4.97. The molecule has 1 atom stereocenters. The van der Waals surface area contributed by atoms with Crippen LogP contribution >= 0.6 is 23.2 Å². The van der Waals surface area contributed by atoms with Gasteiger partial charge >= 0.3 is 0 Å². The molecule has 0 radical (unpaired) electrons. The summed E-state index contributed by atoms with van der Waals surface area (Å²) in [6.07, 6.45) is 4.06. The van der Waals surface area contributed by atoms with Gasteiger partial charge in [-0.1, -0.05) is 47.5 Å². The van der Waals surface area contributed by atoms with Crippen LogP contribution in [0.25, 0.3) is 5.69 Å². The number of nitrogen functional groups attached to an aromatic ring is 1. The Morgan fingerprint density at radius 2 is 1.82 bits per heavy atom. The molecule has 4 aromatic rings. The Bertz CT molecular complexity index is 1400. The second-order valence-corrected chi connectivity index (χ2v) is 9.47. The summed E-state index contributed by atoms with van der Waals surface area (Å²) in [6.45, 7) is 1.99. The number of hydrogen-bond acceptors (Lipinski definition) is 4. The zero-order valence-electron chi connectivity index (χ0n) is 18.1. The van der Waals surface area contributed by atoms with Crippen molar-refractivity contribution >= 4 is 28.9 Å². The quantitative estimate of drug-likeness (QED) is 0.310. The van der Waals surface area contributed by atoms with Crippen LogP contribution in [0.1, 0.15) is 52.4 Å². The van der Waals surface area contributed by atoms with Crippen molar-refractivity contribution < 1.29 is 4.74 Å². The number of para-hydroxylation sites is 1. The standard InChI is InChI=1S/C26H22Cl2N4O/c1-14-21-22(17-12-11-15(27)13-19(17)28)23-24(29)18-9-5-6-10-20(18)30-25(23)33-26(21)32(31-14)16-7-3-2-4-8-16/h2-4,7-8,11-13,22H,5-6,9-10H2,1H3,(H2,29,30). The van der Waals surface area contributed by atoms with Gasteiger partial charge in [-0.3, -0.25) is 0 Å². The molecular weight excluding hydrogens is 455 g/mol. The van der Waals surface area contributed by atoms with Crippen LogP contribution in [0.3, 0.4) is 0 Å². The average Bonchev–Trinajstić information content (AvgIpc) is 3.15. The number of anilines is 1. The molecule has 2 aromatic carbocycles. The van der Waals surface area contributed by atoms with Gasteiger partial charge in [0.15, 0.2) is 0 Å². The maximum atomic E-state index is 6.84. The normalized spacial score (nSPS) is 16.5. The third-order valence-corrected chi connectivity index (χ3v) is 7.19. The highest BCUT2D eigenvalue weighted by atomic mass is 35.5. The SMILES string of the molecule is Cc1nn(-c2ccccc2)c2c1C(c1ccc(Cl)cc1Cl)c1c(nc3c(c1N)CCCC3)O2. The van der Waals surface area contributed by atoms with Gasteiger partial charge in [-0.2, -0.15) is 5.10 Å². The maximum Gasteiger partial charge on any atom is 0.229 e. The number of aromatic nitrogens is 3. The number of pyridine rings is 1. The Kier molecular flexibility index (Phi) is 4.86. The van der Waals surface area contributed by atoms with Crippen molar-refractivity contribution in [3.8, 4) is 17.4 Å². The molecule has 3 heterocycles. The highest BCUT2D eigenvalue weighted by Gasteiger charge is 2.39. The summed E-state index contributed by atoms with van der Waals surface area (Å²) in [5.74, 6) is 0.921. The highest BCUT2D eigenvalue weighted by molar-refractivity contribution is 6.35. The summed E-state index contributed by atoms with van der Waals surface area (Å²) in [7, 11) is 0. The number of fused-ring (bicyclic) bond motifs is 3. The summed E-state index contributed by atoms with van der Waals surface area (Å²) >= 11 is 13.0. The first-order valence-electron chi connectivity index (χ1n) is 11.1. The van der Waals surface area contributed by atoms with Gasteiger partial charge in [0.05, 0.1) is 28.4 Å². The van der Waals surface area contributed by atoms with Crippen LogP contribution in [0.5, 0.6) is 11.8 Å². The predicted octanol–water partition coefficient (Wildman–Crippen LogP) is 6.63. The van der Waals surface area contributed by atoms with E-state index in [4.69, 9.17) is 43.8 Å². The van der Waals surface area contributed by atoms with Crippen molar-refractivity contribution in [1.29, 1.82) is 0 Å². The van der Waals surface area contributed by atoms with Crippen LogP contribution in [0.4, 0.5) is 5.69 Å². The van der Waals surface area contributed by atoms with Crippen molar-refractivity contribution in [3.05, 3.63) is 92.2 Å². The molecule has 1 unspecified atom stereocenters. The maximum absolute atomic E-state index is 6.84. The monoisotopic (exact) mass is 476 g/mol. The van der Waals surface area contributed by atoms with Crippen molar-refractivity contribution in [2.75, 3.05) is 5.73 Å². The van der Waals surface area contributed by atoms with Gasteiger partial charge in [-0.05, 0) is 68.0 Å². The Hall–Kier alpha value is -3.02. The Morgan fingerprint density at radius 1 is 1.03 bits per heavy atom. The number of hydrogen-bond donors (Lipinski definition) is 1. The van der Waals surface area contributed by atoms with Crippen LogP contribution < -0.4 is 10.5 Å². The molecule has 2 aromatic heterocycles. The fourth-order valence-corrected chi connectivity index (χ4v) is 5.61. The van der Waals surface area contributed by atoms with Crippen LogP contribution in [-0.4, -0.2) is 14.8 Å². The lowest BCUT2D eigenvalue weighted by molar-refractivity contribution is 0.401. The molecule has 0 fully saturated rings. The molecule has 6 rings (SSSR count). The van der Waals surface area contributed by atoms with E-state index in [1.54, 1.807) is 6.07 Å². The molecule has 0 saturated carbocycles. The number of halogens is 2. The molecule has 0 spiro atoms. The molecular formula is C26H22Cl2N4O. The first-order valence-corrected chi connectivity index (χ1v) is 11.9. The number of aryl methyl sites for hydroxylation is 2. The molecule has 7 heteroatoms. The van der Waals surface area contributed by atoms with E-state index in [1.807, 2.05) is 54.1 Å². The molecule has 1 aliphatic heterocycles. The Balaban J connectivity index is 1.66. The largest absolute Gasteiger partial charge is 0.420 e. The number of ether oxygens (including phenoxy) is 1. The van der Waals surface area contributed by atoms with Gasteiger partial charge in [0, 0.05) is 21.4 Å². The van der Waals surface area contributed by atoms with Crippen molar-refractivity contribution in [2.45, 2.75) is 38.5 Å². The summed E-state index contributed by atoms with van der Waals surface area (Å²) in [5.41, 5.74) is 14.2. The predicted molar refractivity (Wildman–Crippen MR) is 131 cm³/mol. The molecule has 166 valence electrons. The van der Waals surface area contributed by atoms with E-state index in [1.165, 1.54) is 0 Å². The second kappa shape index (κ2) is 7.79. The molecule has 2 N–H and O–H groups in total. The minimum absolute atomic E-state index is 0.259. The minimum Gasteiger partial charge on any atom is -0.420 e. The summed E-state index contributed by atoms with van der Waals surface area (Å²) < 4.78 is 8.32. The minimum atomic E-state index is -0.259. The first kappa shape index (κ1) is 20.6. The lowest BCUT2D eigenvalue weighted by atomic mass is 9.81. The number of nitrogens with two attached hydrogens (primary N) is 1. The molecule has 0 amide bonds. The van der Waals surface area contributed by atoms with Gasteiger partial charge in [0.25, 0.3) is 0 Å². The third kappa shape index (κ3) is 3.22. The van der Waals surface area contributed by atoms with Crippen LogP contribution in [0, 0.1) is 6.92 Å². The average molecular weight is 477 g/mol. The van der Waals surface area contributed by atoms with E-state index < -0.39 is 0 Å². The van der Waals surface area contributed by atoms with Gasteiger partial charge < -0.3 is 10.5 Å². The molecule has 2 aliphatic rings. The smallest absolute Gasteiger partial charge is 0.229 e. The van der Waals surface area contributed by atoms with Gasteiger partial charge in [-0.15, -0.1) is 0 Å².